The predicted molar refractivity (Wildman–Crippen MR) is 211 cm³/mol. The summed E-state index contributed by atoms with van der Waals surface area (Å²) in [6.07, 6.45) is 11.8. The third-order valence-corrected chi connectivity index (χ3v) is 10.4. The van der Waals surface area contributed by atoms with Gasteiger partial charge >= 0.3 is 0 Å². The number of fused-ring (bicyclic) bond motifs is 6. The van der Waals surface area contributed by atoms with Gasteiger partial charge in [0, 0.05) is 0 Å². The van der Waals surface area contributed by atoms with Crippen molar-refractivity contribution in [1.82, 2.24) is 0 Å². The van der Waals surface area contributed by atoms with Crippen molar-refractivity contribution in [2.75, 3.05) is 5.75 Å². The van der Waals surface area contributed by atoms with Crippen molar-refractivity contribution in [3.05, 3.63) is 132 Å². The highest BCUT2D eigenvalue weighted by Crippen LogP contribution is 2.42. The molecule has 7 rings (SSSR count). The van der Waals surface area contributed by atoms with Gasteiger partial charge in [0.1, 0.15) is 0 Å². The molecule has 0 aromatic heterocycles. The van der Waals surface area contributed by atoms with Gasteiger partial charge in [-0.2, -0.15) is 12.6 Å². The SMILES string of the molecule is Cc1cc(C)cc(-c2cc3ccc(-c4ccc(CCCCCCCCCCS)c5ccccc45)cc3c3ccc4ccccc4c23)c1. The first-order chi connectivity index (χ1) is 23.1. The summed E-state index contributed by atoms with van der Waals surface area (Å²) in [6.45, 7) is 4.41. The van der Waals surface area contributed by atoms with Gasteiger partial charge in [0.2, 0.25) is 0 Å². The van der Waals surface area contributed by atoms with Gasteiger partial charge in [-0.3, -0.25) is 0 Å². The molecule has 0 saturated carbocycles. The van der Waals surface area contributed by atoms with Gasteiger partial charge in [0.15, 0.2) is 0 Å². The van der Waals surface area contributed by atoms with Crippen LogP contribution in [0.5, 0.6) is 0 Å². The molecule has 0 atom stereocenters. The minimum absolute atomic E-state index is 1.02. The number of thiol groups is 1. The summed E-state index contributed by atoms with van der Waals surface area (Å²) in [5.74, 6) is 1.02. The summed E-state index contributed by atoms with van der Waals surface area (Å²) >= 11 is 4.34. The summed E-state index contributed by atoms with van der Waals surface area (Å²) in [4.78, 5) is 0. The summed E-state index contributed by atoms with van der Waals surface area (Å²) in [5.41, 5.74) is 9.29. The molecule has 0 radical (unpaired) electrons. The molecule has 0 fully saturated rings. The monoisotopic (exact) mass is 630 g/mol. The Morgan fingerprint density at radius 3 is 1.85 bits per heavy atom. The van der Waals surface area contributed by atoms with Crippen LogP contribution in [0, 0.1) is 13.8 Å². The highest BCUT2D eigenvalue weighted by molar-refractivity contribution is 7.80. The molecule has 236 valence electrons. The molecule has 0 nitrogen and oxygen atoms in total. The van der Waals surface area contributed by atoms with Gasteiger partial charge in [0.05, 0.1) is 0 Å². The average Bonchev–Trinajstić information content (AvgIpc) is 3.09. The van der Waals surface area contributed by atoms with Gasteiger partial charge < -0.3 is 0 Å². The molecule has 47 heavy (non-hydrogen) atoms. The molecule has 7 aromatic rings. The van der Waals surface area contributed by atoms with E-state index in [1.54, 1.807) is 0 Å². The minimum atomic E-state index is 1.02. The van der Waals surface area contributed by atoms with Crippen LogP contribution in [-0.4, -0.2) is 5.75 Å². The minimum Gasteiger partial charge on any atom is -0.179 e. The average molecular weight is 631 g/mol. The second-order valence-electron chi connectivity index (χ2n) is 13.6. The second-order valence-corrected chi connectivity index (χ2v) is 14.0. The van der Waals surface area contributed by atoms with Crippen molar-refractivity contribution in [3.8, 4) is 22.3 Å². The number of aryl methyl sites for hydroxylation is 3. The zero-order valence-corrected chi connectivity index (χ0v) is 28.9. The van der Waals surface area contributed by atoms with Gasteiger partial charge in [-0.05, 0) is 122 Å². The zero-order valence-electron chi connectivity index (χ0n) is 28.0. The number of hydrogen-bond acceptors (Lipinski definition) is 1. The molecular formula is C46H46S. The molecule has 7 aromatic carbocycles. The maximum absolute atomic E-state index is 4.34. The van der Waals surface area contributed by atoms with Gasteiger partial charge in [-0.15, -0.1) is 0 Å². The Morgan fingerprint density at radius 2 is 1.09 bits per heavy atom. The van der Waals surface area contributed by atoms with Crippen LogP contribution in [0.15, 0.2) is 115 Å². The Hall–Kier alpha value is -4.07. The molecule has 0 aliphatic carbocycles. The first-order valence-electron chi connectivity index (χ1n) is 17.7. The molecule has 0 unspecified atom stereocenters. The molecule has 0 bridgehead atoms. The van der Waals surface area contributed by atoms with Crippen molar-refractivity contribution in [2.24, 2.45) is 0 Å². The number of rotatable bonds is 12. The summed E-state index contributed by atoms with van der Waals surface area (Å²) in [7, 11) is 0. The predicted octanol–water partition coefficient (Wildman–Crippen LogP) is 13.8. The van der Waals surface area contributed by atoms with E-state index in [4.69, 9.17) is 0 Å². The van der Waals surface area contributed by atoms with Gasteiger partial charge in [-0.1, -0.05) is 153 Å². The highest BCUT2D eigenvalue weighted by atomic mass is 32.1. The number of benzene rings is 7. The lowest BCUT2D eigenvalue weighted by molar-refractivity contribution is 0.577. The van der Waals surface area contributed by atoms with Crippen LogP contribution in [-0.2, 0) is 6.42 Å². The fourth-order valence-corrected chi connectivity index (χ4v) is 8.00. The van der Waals surface area contributed by atoms with Crippen LogP contribution in [0.25, 0.3) is 65.3 Å². The lowest BCUT2D eigenvalue weighted by atomic mass is 9.87. The van der Waals surface area contributed by atoms with E-state index in [1.165, 1.54) is 133 Å². The molecule has 1 heteroatoms. The Balaban J connectivity index is 1.26. The van der Waals surface area contributed by atoms with E-state index in [2.05, 4.69) is 142 Å². The third-order valence-electron chi connectivity index (χ3n) is 10.1. The molecule has 0 heterocycles. The van der Waals surface area contributed by atoms with E-state index in [0.29, 0.717) is 0 Å². The second kappa shape index (κ2) is 14.4. The van der Waals surface area contributed by atoms with E-state index >= 15 is 0 Å². The first-order valence-corrected chi connectivity index (χ1v) is 18.3. The molecule has 0 aliphatic rings. The lowest BCUT2D eigenvalue weighted by Gasteiger charge is -2.16. The van der Waals surface area contributed by atoms with Crippen molar-refractivity contribution >= 4 is 55.7 Å². The van der Waals surface area contributed by atoms with Crippen LogP contribution >= 0.6 is 12.6 Å². The number of hydrogen-bond donors (Lipinski definition) is 1. The maximum atomic E-state index is 4.34. The number of unbranched alkanes of at least 4 members (excludes halogenated alkanes) is 7. The van der Waals surface area contributed by atoms with Crippen molar-refractivity contribution in [1.29, 1.82) is 0 Å². The molecule has 0 N–H and O–H groups in total. The first kappa shape index (κ1) is 31.5. The maximum Gasteiger partial charge on any atom is -0.00204 e. The summed E-state index contributed by atoms with van der Waals surface area (Å²) in [6, 6.07) is 43.8. The lowest BCUT2D eigenvalue weighted by Crippen LogP contribution is -1.92. The molecular weight excluding hydrogens is 585 g/mol. The molecule has 0 aliphatic heterocycles. The zero-order chi connectivity index (χ0) is 32.2. The van der Waals surface area contributed by atoms with E-state index in [1.807, 2.05) is 0 Å². The summed E-state index contributed by atoms with van der Waals surface area (Å²) < 4.78 is 0. The Labute approximate surface area is 286 Å². The van der Waals surface area contributed by atoms with E-state index in [-0.39, 0.29) is 0 Å². The van der Waals surface area contributed by atoms with Crippen molar-refractivity contribution < 1.29 is 0 Å². The Bertz CT molecular complexity index is 2170. The van der Waals surface area contributed by atoms with Crippen molar-refractivity contribution in [2.45, 2.75) is 71.6 Å². The highest BCUT2D eigenvalue weighted by Gasteiger charge is 2.15. The third kappa shape index (κ3) is 6.69. The largest absolute Gasteiger partial charge is 0.179 e. The van der Waals surface area contributed by atoms with Gasteiger partial charge in [0.25, 0.3) is 0 Å². The molecule has 0 amide bonds. The standard InChI is InChI=1S/C46H46S/c1-32-27-33(2)29-38(28-32)45-31-37-21-20-36(30-44(37)43-25-23-35-16-10-11-18-41(35)46(43)45)40-24-22-34(39-17-12-13-19-42(39)40)15-9-7-5-3-4-6-8-14-26-47/h10-13,16-25,27-31,47H,3-9,14-15,26H2,1-2H3. The fourth-order valence-electron chi connectivity index (χ4n) is 7.77. The van der Waals surface area contributed by atoms with E-state index in [0.717, 1.165) is 12.2 Å². The van der Waals surface area contributed by atoms with Crippen molar-refractivity contribution in [3.63, 3.8) is 0 Å². The molecule has 0 spiro atoms. The smallest absolute Gasteiger partial charge is 0.00204 e. The quantitative estimate of drug-likeness (QED) is 0.0775. The van der Waals surface area contributed by atoms with E-state index < -0.39 is 0 Å². The van der Waals surface area contributed by atoms with Gasteiger partial charge in [-0.25, -0.2) is 0 Å². The van der Waals surface area contributed by atoms with Crippen LogP contribution in [0.2, 0.25) is 0 Å². The Morgan fingerprint density at radius 1 is 0.426 bits per heavy atom. The van der Waals surface area contributed by atoms with Crippen LogP contribution in [0.1, 0.15) is 68.1 Å². The van der Waals surface area contributed by atoms with Crippen LogP contribution < -0.4 is 0 Å². The fraction of sp³-hybridized carbons (Fsp3) is 0.261. The molecule has 0 saturated heterocycles. The topological polar surface area (TPSA) is 0 Å². The van der Waals surface area contributed by atoms with E-state index in [9.17, 15) is 0 Å². The Kier molecular flexibility index (Phi) is 9.63. The van der Waals surface area contributed by atoms with Crippen LogP contribution in [0.4, 0.5) is 0 Å². The van der Waals surface area contributed by atoms with Crippen LogP contribution in [0.3, 0.4) is 0 Å². The summed E-state index contributed by atoms with van der Waals surface area (Å²) in [5, 5.41) is 10.6. The normalized spacial score (nSPS) is 11.7.